The summed E-state index contributed by atoms with van der Waals surface area (Å²) in [4.78, 5) is 11.0. The van der Waals surface area contributed by atoms with E-state index in [1.165, 1.54) is 42.0 Å². The molecule has 170 valence electrons. The fourth-order valence-electron chi connectivity index (χ4n) is 5.36. The summed E-state index contributed by atoms with van der Waals surface area (Å²) in [6.07, 6.45) is 12.4. The van der Waals surface area contributed by atoms with Crippen LogP contribution in [0.15, 0.2) is 35.9 Å². The third kappa shape index (κ3) is 5.25. The first-order valence-electron chi connectivity index (χ1n) is 12.0. The van der Waals surface area contributed by atoms with Crippen molar-refractivity contribution in [3.63, 3.8) is 0 Å². The van der Waals surface area contributed by atoms with Gasteiger partial charge in [-0.2, -0.15) is 0 Å². The van der Waals surface area contributed by atoms with Crippen LogP contribution in [0.4, 0.5) is 0 Å². The van der Waals surface area contributed by atoms with Gasteiger partial charge in [0.25, 0.3) is 0 Å². The average Bonchev–Trinajstić information content (AvgIpc) is 3.16. The van der Waals surface area contributed by atoms with Gasteiger partial charge in [0.2, 0.25) is 0 Å². The molecular weight excluding hydrogens is 384 g/mol. The van der Waals surface area contributed by atoms with Crippen molar-refractivity contribution in [3.05, 3.63) is 52.6 Å². The zero-order chi connectivity index (χ0) is 22.8. The molecule has 1 aromatic rings. The summed E-state index contributed by atoms with van der Waals surface area (Å²) >= 11 is 0. The Morgan fingerprint density at radius 2 is 1.77 bits per heavy atom. The molecule has 0 aromatic heterocycles. The van der Waals surface area contributed by atoms with E-state index >= 15 is 0 Å². The molecule has 3 rings (SSSR count). The summed E-state index contributed by atoms with van der Waals surface area (Å²) in [6.45, 7) is 14.2. The fourth-order valence-corrected chi connectivity index (χ4v) is 5.36. The quantitative estimate of drug-likeness (QED) is 0.369. The van der Waals surface area contributed by atoms with Gasteiger partial charge in [0.05, 0.1) is 6.61 Å². The molecule has 0 aliphatic heterocycles. The molecule has 1 N–H and O–H groups in total. The highest BCUT2D eigenvalue weighted by molar-refractivity contribution is 5.81. The standard InChI is InChI=1S/C28H40O3/c1-7-15-31-25-18-24-23(27(3,4)13-14-28(24,5)6)17-22(25)21-10-8-9-20(21)12-11-19(2)16-26(29)30/h11-12,16-18,20-21H,7-10,13-15H2,1-6H3,(H,29,30)/b12-11+,19-16-. The molecule has 1 fully saturated rings. The van der Waals surface area contributed by atoms with Gasteiger partial charge in [-0.25, -0.2) is 4.79 Å². The van der Waals surface area contributed by atoms with Crippen LogP contribution < -0.4 is 4.74 Å². The van der Waals surface area contributed by atoms with Crippen molar-refractivity contribution in [1.29, 1.82) is 0 Å². The highest BCUT2D eigenvalue weighted by Gasteiger charge is 2.39. The number of rotatable bonds is 7. The summed E-state index contributed by atoms with van der Waals surface area (Å²) in [5, 5.41) is 9.00. The van der Waals surface area contributed by atoms with Crippen LogP contribution in [-0.4, -0.2) is 17.7 Å². The molecule has 2 unspecified atom stereocenters. The van der Waals surface area contributed by atoms with E-state index in [1.807, 2.05) is 13.0 Å². The van der Waals surface area contributed by atoms with E-state index in [9.17, 15) is 4.79 Å². The SMILES string of the molecule is CCCOc1cc2c(cc1C1CCCC1/C=C/C(C)=C\C(=O)O)C(C)(C)CCC2(C)C. The molecule has 0 bridgehead atoms. The van der Waals surface area contributed by atoms with Crippen LogP contribution in [0.1, 0.15) is 103 Å². The predicted octanol–water partition coefficient (Wildman–Crippen LogP) is 7.30. The lowest BCUT2D eigenvalue weighted by atomic mass is 9.62. The van der Waals surface area contributed by atoms with Gasteiger partial charge in [-0.3, -0.25) is 0 Å². The average molecular weight is 425 g/mol. The summed E-state index contributed by atoms with van der Waals surface area (Å²) in [5.74, 6) is 1.01. The molecule has 2 aliphatic carbocycles. The number of hydrogen-bond donors (Lipinski definition) is 1. The van der Waals surface area contributed by atoms with E-state index in [-0.39, 0.29) is 10.8 Å². The Morgan fingerprint density at radius 1 is 1.13 bits per heavy atom. The maximum atomic E-state index is 11.0. The van der Waals surface area contributed by atoms with E-state index < -0.39 is 5.97 Å². The Labute approximate surface area is 188 Å². The molecule has 2 aliphatic rings. The van der Waals surface area contributed by atoms with E-state index in [0.717, 1.165) is 37.2 Å². The maximum Gasteiger partial charge on any atom is 0.328 e. The second-order valence-corrected chi connectivity index (χ2v) is 10.8. The van der Waals surface area contributed by atoms with Gasteiger partial charge >= 0.3 is 5.97 Å². The van der Waals surface area contributed by atoms with Gasteiger partial charge in [0, 0.05) is 6.08 Å². The lowest BCUT2D eigenvalue weighted by molar-refractivity contribution is -0.131. The third-order valence-electron chi connectivity index (χ3n) is 7.37. The Hall–Kier alpha value is -2.03. The molecule has 31 heavy (non-hydrogen) atoms. The van der Waals surface area contributed by atoms with Crippen LogP contribution >= 0.6 is 0 Å². The summed E-state index contributed by atoms with van der Waals surface area (Å²) in [5.41, 5.74) is 5.41. The molecule has 2 atom stereocenters. The molecule has 3 heteroatoms. The Balaban J connectivity index is 2.04. The van der Waals surface area contributed by atoms with Crippen LogP contribution in [0.3, 0.4) is 0 Å². The first-order valence-corrected chi connectivity index (χ1v) is 12.0. The third-order valence-corrected chi connectivity index (χ3v) is 7.37. The zero-order valence-electron chi connectivity index (χ0n) is 20.3. The smallest absolute Gasteiger partial charge is 0.328 e. The van der Waals surface area contributed by atoms with Crippen molar-refractivity contribution in [1.82, 2.24) is 0 Å². The van der Waals surface area contributed by atoms with Gasteiger partial charge in [-0.1, -0.05) is 59.3 Å². The molecular formula is C28H40O3. The molecule has 0 amide bonds. The second kappa shape index (κ2) is 9.22. The van der Waals surface area contributed by atoms with Crippen molar-refractivity contribution < 1.29 is 14.6 Å². The lowest BCUT2D eigenvalue weighted by Crippen LogP contribution is -2.34. The van der Waals surface area contributed by atoms with E-state index in [4.69, 9.17) is 9.84 Å². The number of aliphatic carboxylic acids is 1. The fraction of sp³-hybridized carbons (Fsp3) is 0.607. The number of ether oxygens (including phenoxy) is 1. The van der Waals surface area contributed by atoms with Crippen molar-refractivity contribution in [2.45, 2.75) is 96.8 Å². The molecule has 1 saturated carbocycles. The monoisotopic (exact) mass is 424 g/mol. The van der Waals surface area contributed by atoms with E-state index in [0.29, 0.717) is 11.8 Å². The number of benzene rings is 1. The molecule has 3 nitrogen and oxygen atoms in total. The number of carbonyl (C=O) groups is 1. The van der Waals surface area contributed by atoms with Crippen LogP contribution in [0.2, 0.25) is 0 Å². The first-order chi connectivity index (χ1) is 14.5. The van der Waals surface area contributed by atoms with Crippen LogP contribution in [0.5, 0.6) is 5.75 Å². The minimum absolute atomic E-state index is 0.168. The van der Waals surface area contributed by atoms with Gasteiger partial charge in [-0.15, -0.1) is 0 Å². The number of hydrogen-bond acceptors (Lipinski definition) is 2. The molecule has 0 saturated heterocycles. The zero-order valence-corrected chi connectivity index (χ0v) is 20.3. The van der Waals surface area contributed by atoms with Crippen molar-refractivity contribution in [2.24, 2.45) is 5.92 Å². The highest BCUT2D eigenvalue weighted by Crippen LogP contribution is 2.51. The van der Waals surface area contributed by atoms with Gasteiger partial charge < -0.3 is 9.84 Å². The molecule has 0 heterocycles. The summed E-state index contributed by atoms with van der Waals surface area (Å²) in [7, 11) is 0. The first kappa shape index (κ1) is 23.6. The van der Waals surface area contributed by atoms with Crippen molar-refractivity contribution in [2.75, 3.05) is 6.61 Å². The largest absolute Gasteiger partial charge is 0.493 e. The van der Waals surface area contributed by atoms with E-state index in [2.05, 4.69) is 52.8 Å². The van der Waals surface area contributed by atoms with Crippen molar-refractivity contribution >= 4 is 5.97 Å². The van der Waals surface area contributed by atoms with E-state index in [1.54, 1.807) is 0 Å². The Morgan fingerprint density at radius 3 is 2.39 bits per heavy atom. The second-order valence-electron chi connectivity index (χ2n) is 10.8. The predicted molar refractivity (Wildman–Crippen MR) is 128 cm³/mol. The van der Waals surface area contributed by atoms with Crippen molar-refractivity contribution in [3.8, 4) is 5.75 Å². The molecule has 0 spiro atoms. The molecule has 1 aromatic carbocycles. The van der Waals surface area contributed by atoms with Gasteiger partial charge in [0.1, 0.15) is 5.75 Å². The summed E-state index contributed by atoms with van der Waals surface area (Å²) in [6, 6.07) is 4.83. The van der Waals surface area contributed by atoms with Gasteiger partial charge in [-0.05, 0) is 90.0 Å². The number of allylic oxidation sites excluding steroid dienone is 3. The maximum absolute atomic E-state index is 11.0. The Bertz CT molecular complexity index is 872. The highest BCUT2D eigenvalue weighted by atomic mass is 16.5. The minimum atomic E-state index is -0.889. The Kier molecular flexibility index (Phi) is 7.03. The number of fused-ring (bicyclic) bond motifs is 1. The van der Waals surface area contributed by atoms with Crippen LogP contribution in [-0.2, 0) is 15.6 Å². The minimum Gasteiger partial charge on any atom is -0.493 e. The summed E-state index contributed by atoms with van der Waals surface area (Å²) < 4.78 is 6.34. The van der Waals surface area contributed by atoms with Crippen LogP contribution in [0, 0.1) is 5.92 Å². The van der Waals surface area contributed by atoms with Crippen LogP contribution in [0.25, 0.3) is 0 Å². The number of carboxylic acid groups (broad SMARTS) is 1. The lowest BCUT2D eigenvalue weighted by Gasteiger charge is -2.42. The normalized spacial score (nSPS) is 24.9. The number of carboxylic acids is 1. The molecule has 0 radical (unpaired) electrons. The van der Waals surface area contributed by atoms with Gasteiger partial charge in [0.15, 0.2) is 0 Å². The topological polar surface area (TPSA) is 46.5 Å².